The number of nitrogens with one attached hydrogen (secondary N) is 2. The molecule has 0 amide bonds. The van der Waals surface area contributed by atoms with Crippen LogP contribution in [0.15, 0.2) is 6.20 Å². The maximum atomic E-state index is 12.6. The molecule has 8 heteroatoms. The lowest BCUT2D eigenvalue weighted by atomic mass is 9.91. The minimum Gasteiger partial charge on any atom is -0.317 e. The van der Waals surface area contributed by atoms with Gasteiger partial charge in [-0.3, -0.25) is 4.79 Å². The zero-order chi connectivity index (χ0) is 16.4. The van der Waals surface area contributed by atoms with Crippen LogP contribution in [0.1, 0.15) is 61.4 Å². The zero-order valence-electron chi connectivity index (χ0n) is 13.8. The van der Waals surface area contributed by atoms with Crippen LogP contribution in [0.3, 0.4) is 0 Å². The van der Waals surface area contributed by atoms with Gasteiger partial charge in [0.05, 0.1) is 5.69 Å². The van der Waals surface area contributed by atoms with Gasteiger partial charge in [-0.25, -0.2) is 4.68 Å². The Labute approximate surface area is 135 Å². The summed E-state index contributed by atoms with van der Waals surface area (Å²) in [5, 5.41) is 22.1. The Morgan fingerprint density at radius 3 is 2.70 bits per heavy atom. The molecule has 1 aliphatic heterocycles. The van der Waals surface area contributed by atoms with Gasteiger partial charge in [-0.15, -0.1) is 10.2 Å². The average Bonchev–Trinajstić information content (AvgIpc) is 3.17. The third kappa shape index (κ3) is 3.47. The molecule has 3 rings (SSSR count). The normalized spacial score (nSPS) is 16.7. The number of tetrazole rings is 1. The molecule has 1 aliphatic rings. The van der Waals surface area contributed by atoms with Crippen LogP contribution in [0, 0.1) is 5.41 Å². The van der Waals surface area contributed by atoms with Crippen LogP contribution in [-0.4, -0.2) is 49.4 Å². The molecule has 0 atom stereocenters. The lowest BCUT2D eigenvalue weighted by molar-refractivity contribution is 0.0748. The number of rotatable bonds is 3. The highest BCUT2D eigenvalue weighted by atomic mass is 16.2. The van der Waals surface area contributed by atoms with Crippen LogP contribution in [0.2, 0.25) is 0 Å². The minimum atomic E-state index is -0.471. The fourth-order valence-corrected chi connectivity index (χ4v) is 2.87. The van der Waals surface area contributed by atoms with E-state index in [0.717, 1.165) is 37.2 Å². The van der Waals surface area contributed by atoms with Gasteiger partial charge in [0.25, 0.3) is 5.91 Å². The Hall–Kier alpha value is -2.09. The predicted octanol–water partition coefficient (Wildman–Crippen LogP) is 1.14. The van der Waals surface area contributed by atoms with Crippen LogP contribution >= 0.6 is 0 Å². The summed E-state index contributed by atoms with van der Waals surface area (Å²) in [5.74, 6) is 0.974. The van der Waals surface area contributed by atoms with E-state index in [1.165, 1.54) is 4.68 Å². The highest BCUT2D eigenvalue weighted by Crippen LogP contribution is 2.28. The molecule has 0 spiro atoms. The Balaban J connectivity index is 1.94. The number of carbonyl (C=O) groups excluding carboxylic acids is 1. The van der Waals surface area contributed by atoms with Crippen LogP contribution in [0.25, 0.3) is 0 Å². The monoisotopic (exact) mass is 317 g/mol. The molecule has 124 valence electrons. The van der Waals surface area contributed by atoms with Gasteiger partial charge in [-0.05, 0) is 25.9 Å². The van der Waals surface area contributed by atoms with Gasteiger partial charge in [0.2, 0.25) is 0 Å². The Bertz CT molecular complexity index is 663. The number of nitrogens with zero attached hydrogens (tertiary/aromatic N) is 5. The van der Waals surface area contributed by atoms with Crippen molar-refractivity contribution in [3.8, 4) is 0 Å². The molecule has 0 aliphatic carbocycles. The number of H-pyrrole nitrogens is 1. The smallest absolute Gasteiger partial charge is 0.252 e. The Kier molecular flexibility index (Phi) is 4.25. The van der Waals surface area contributed by atoms with E-state index in [0.29, 0.717) is 18.2 Å². The first-order valence-corrected chi connectivity index (χ1v) is 8.01. The molecule has 1 fully saturated rings. The Morgan fingerprint density at radius 2 is 2.09 bits per heavy atom. The van der Waals surface area contributed by atoms with Crippen LogP contribution in [-0.2, 0) is 6.42 Å². The molecule has 2 aromatic rings. The summed E-state index contributed by atoms with van der Waals surface area (Å²) < 4.78 is 1.49. The lowest BCUT2D eigenvalue weighted by Gasteiger charge is -2.22. The van der Waals surface area contributed by atoms with E-state index in [9.17, 15) is 4.79 Å². The van der Waals surface area contributed by atoms with E-state index < -0.39 is 5.41 Å². The zero-order valence-corrected chi connectivity index (χ0v) is 13.8. The number of hydrogen-bond acceptors (Lipinski definition) is 6. The topological polar surface area (TPSA) is 101 Å². The van der Waals surface area contributed by atoms with Gasteiger partial charge in [0, 0.05) is 29.5 Å². The van der Waals surface area contributed by atoms with E-state index in [2.05, 4.69) is 31.0 Å². The molecular weight excluding hydrogens is 294 g/mol. The first kappa shape index (κ1) is 15.8. The summed E-state index contributed by atoms with van der Waals surface area (Å²) in [6.07, 6.45) is 4.43. The van der Waals surface area contributed by atoms with Crippen molar-refractivity contribution in [2.24, 2.45) is 5.41 Å². The van der Waals surface area contributed by atoms with Crippen molar-refractivity contribution in [2.45, 2.75) is 46.0 Å². The van der Waals surface area contributed by atoms with Gasteiger partial charge in [-0.2, -0.15) is 10.3 Å². The molecular formula is C15H23N7O. The van der Waals surface area contributed by atoms with Crippen molar-refractivity contribution in [1.29, 1.82) is 0 Å². The summed E-state index contributed by atoms with van der Waals surface area (Å²) >= 11 is 0. The first-order chi connectivity index (χ1) is 10.9. The number of piperidine rings is 1. The van der Waals surface area contributed by atoms with E-state index in [-0.39, 0.29) is 5.91 Å². The van der Waals surface area contributed by atoms with E-state index in [4.69, 9.17) is 0 Å². The second-order valence-electron chi connectivity index (χ2n) is 7.07. The summed E-state index contributed by atoms with van der Waals surface area (Å²) in [6.45, 7) is 7.67. The summed E-state index contributed by atoms with van der Waals surface area (Å²) in [7, 11) is 0. The van der Waals surface area contributed by atoms with Gasteiger partial charge in [-0.1, -0.05) is 26.0 Å². The fraction of sp³-hybridized carbons (Fsp3) is 0.667. The highest BCUT2D eigenvalue weighted by Gasteiger charge is 2.28. The number of aromatic nitrogens is 6. The molecule has 0 radical (unpaired) electrons. The minimum absolute atomic E-state index is 0.00736. The number of hydrogen-bond donors (Lipinski definition) is 2. The van der Waals surface area contributed by atoms with Crippen molar-refractivity contribution >= 4 is 5.91 Å². The van der Waals surface area contributed by atoms with Crippen molar-refractivity contribution in [1.82, 2.24) is 35.7 Å². The molecule has 23 heavy (non-hydrogen) atoms. The number of aromatic amines is 1. The SMILES string of the molecule is CC(C)(C)C(=O)n1cc(Cc2nn[nH]n2)c(C2CCNCC2)n1. The van der Waals surface area contributed by atoms with Gasteiger partial charge in [0.15, 0.2) is 5.82 Å². The molecule has 8 nitrogen and oxygen atoms in total. The van der Waals surface area contributed by atoms with Crippen molar-refractivity contribution < 1.29 is 4.79 Å². The quantitative estimate of drug-likeness (QED) is 0.880. The van der Waals surface area contributed by atoms with Crippen molar-refractivity contribution in [2.75, 3.05) is 13.1 Å². The molecule has 1 saturated heterocycles. The molecule has 0 unspecified atom stereocenters. The second-order valence-corrected chi connectivity index (χ2v) is 7.07. The van der Waals surface area contributed by atoms with Crippen LogP contribution < -0.4 is 5.32 Å². The number of carbonyl (C=O) groups is 1. The summed E-state index contributed by atoms with van der Waals surface area (Å²) in [5.41, 5.74) is 1.53. The summed E-state index contributed by atoms with van der Waals surface area (Å²) in [6, 6.07) is 0. The van der Waals surface area contributed by atoms with Gasteiger partial charge in [0.1, 0.15) is 0 Å². The third-order valence-electron chi connectivity index (χ3n) is 4.14. The molecule has 3 heterocycles. The fourth-order valence-electron chi connectivity index (χ4n) is 2.87. The van der Waals surface area contributed by atoms with Crippen LogP contribution in [0.5, 0.6) is 0 Å². The molecule has 0 bridgehead atoms. The molecule has 2 aromatic heterocycles. The van der Waals surface area contributed by atoms with E-state index in [1.54, 1.807) is 0 Å². The maximum Gasteiger partial charge on any atom is 0.252 e. The first-order valence-electron chi connectivity index (χ1n) is 8.01. The van der Waals surface area contributed by atoms with E-state index in [1.807, 2.05) is 27.0 Å². The second kappa shape index (κ2) is 6.19. The maximum absolute atomic E-state index is 12.6. The van der Waals surface area contributed by atoms with Gasteiger partial charge < -0.3 is 5.32 Å². The van der Waals surface area contributed by atoms with Crippen molar-refractivity contribution in [3.63, 3.8) is 0 Å². The molecule has 2 N–H and O–H groups in total. The van der Waals surface area contributed by atoms with Gasteiger partial charge >= 0.3 is 0 Å². The standard InChI is InChI=1S/C15H23N7O/c1-15(2,3)14(23)22-9-11(8-12-17-20-21-18-12)13(19-22)10-4-6-16-7-5-10/h9-10,16H,4-8H2,1-3H3,(H,17,18,20,21). The molecule has 0 aromatic carbocycles. The van der Waals surface area contributed by atoms with E-state index >= 15 is 0 Å². The highest BCUT2D eigenvalue weighted by molar-refractivity contribution is 5.83. The molecule has 0 saturated carbocycles. The van der Waals surface area contributed by atoms with Crippen LogP contribution in [0.4, 0.5) is 0 Å². The lowest BCUT2D eigenvalue weighted by Crippen LogP contribution is -2.29. The largest absolute Gasteiger partial charge is 0.317 e. The third-order valence-corrected chi connectivity index (χ3v) is 4.14. The summed E-state index contributed by atoms with van der Waals surface area (Å²) in [4.78, 5) is 12.6. The van der Waals surface area contributed by atoms with Crippen molar-refractivity contribution in [3.05, 3.63) is 23.3 Å². The Morgan fingerprint density at radius 1 is 1.35 bits per heavy atom. The predicted molar refractivity (Wildman–Crippen MR) is 84.1 cm³/mol. The average molecular weight is 317 g/mol.